The van der Waals surface area contributed by atoms with Gasteiger partial charge in [-0.1, -0.05) is 36.6 Å². The predicted octanol–water partition coefficient (Wildman–Crippen LogP) is 2.69. The molecule has 0 saturated heterocycles. The monoisotopic (exact) mass is 251 g/mol. The third kappa shape index (κ3) is 3.72. The Balaban J connectivity index is 2.01. The molecule has 1 aromatic rings. The van der Waals surface area contributed by atoms with Crippen LogP contribution in [-0.4, -0.2) is 11.9 Å². The summed E-state index contributed by atoms with van der Waals surface area (Å²) in [6, 6.07) is 8.24. The molecule has 3 N–H and O–H groups in total. The van der Waals surface area contributed by atoms with Crippen LogP contribution in [0.5, 0.6) is 0 Å². The minimum Gasteiger partial charge on any atom is -0.312 e. The number of hydrazine groups is 1. The summed E-state index contributed by atoms with van der Waals surface area (Å²) >= 11 is 5.85. The lowest BCUT2D eigenvalue weighted by Crippen LogP contribution is -2.33. The third-order valence-electron chi connectivity index (χ3n) is 3.11. The lowest BCUT2D eigenvalue weighted by atomic mass is 10.1. The average Bonchev–Trinajstić information content (AvgIpc) is 2.84. The van der Waals surface area contributed by atoms with E-state index in [2.05, 4.69) is 10.4 Å². The molecule has 0 spiro atoms. The second-order valence-corrected chi connectivity index (χ2v) is 4.90. The summed E-state index contributed by atoms with van der Waals surface area (Å²) in [4.78, 5) is 4.66. The Hall–Kier alpha value is -1.06. The maximum Gasteiger partial charge on any atom is 0.115 e. The maximum absolute atomic E-state index is 5.85. The molecule has 0 unspecified atom stereocenters. The highest BCUT2D eigenvalue weighted by Gasteiger charge is 2.14. The molecule has 0 heterocycles. The molecule has 1 aliphatic rings. The summed E-state index contributed by atoms with van der Waals surface area (Å²) in [6.45, 7) is 0. The first-order valence-corrected chi connectivity index (χ1v) is 6.43. The van der Waals surface area contributed by atoms with Crippen LogP contribution in [-0.2, 0) is 6.42 Å². The number of nitrogens with zero attached hydrogens (tertiary/aromatic N) is 1. The van der Waals surface area contributed by atoms with Gasteiger partial charge in [-0.05, 0) is 30.5 Å². The fourth-order valence-corrected chi connectivity index (χ4v) is 2.31. The molecule has 0 aliphatic heterocycles. The van der Waals surface area contributed by atoms with E-state index in [-0.39, 0.29) is 0 Å². The first-order chi connectivity index (χ1) is 8.28. The van der Waals surface area contributed by atoms with E-state index < -0.39 is 0 Å². The number of rotatable bonds is 3. The Kier molecular flexibility index (Phi) is 4.40. The lowest BCUT2D eigenvalue weighted by molar-refractivity contribution is 0.697. The second kappa shape index (κ2) is 6.03. The highest BCUT2D eigenvalue weighted by Crippen LogP contribution is 2.21. The summed E-state index contributed by atoms with van der Waals surface area (Å²) < 4.78 is 0. The molecule has 1 aliphatic carbocycles. The van der Waals surface area contributed by atoms with Crippen molar-refractivity contribution in [2.24, 2.45) is 10.8 Å². The zero-order valence-corrected chi connectivity index (χ0v) is 10.6. The zero-order valence-electron chi connectivity index (χ0n) is 9.82. The SMILES string of the molecule is NNC(Cc1ccc(Cl)cc1)=NC1CCCC1. The van der Waals surface area contributed by atoms with E-state index in [0.29, 0.717) is 6.04 Å². The Morgan fingerprint density at radius 3 is 2.53 bits per heavy atom. The number of nitrogens with two attached hydrogens (primary N) is 1. The van der Waals surface area contributed by atoms with Gasteiger partial charge in [0.15, 0.2) is 0 Å². The fourth-order valence-electron chi connectivity index (χ4n) is 2.18. The molecular formula is C13H18ClN3. The van der Waals surface area contributed by atoms with Crippen LogP contribution in [0.4, 0.5) is 0 Å². The first kappa shape index (κ1) is 12.4. The van der Waals surface area contributed by atoms with Crippen molar-refractivity contribution in [2.75, 3.05) is 0 Å². The Morgan fingerprint density at radius 2 is 1.94 bits per heavy atom. The van der Waals surface area contributed by atoms with Gasteiger partial charge in [0.1, 0.15) is 5.84 Å². The lowest BCUT2D eigenvalue weighted by Gasteiger charge is -2.09. The van der Waals surface area contributed by atoms with Crippen molar-refractivity contribution in [3.63, 3.8) is 0 Å². The zero-order chi connectivity index (χ0) is 12.1. The normalized spacial score (nSPS) is 17.4. The summed E-state index contributed by atoms with van der Waals surface area (Å²) in [6.07, 6.45) is 5.68. The molecule has 1 fully saturated rings. The van der Waals surface area contributed by atoms with Crippen LogP contribution in [0.3, 0.4) is 0 Å². The molecule has 1 saturated carbocycles. The summed E-state index contributed by atoms with van der Waals surface area (Å²) in [5.41, 5.74) is 3.88. The van der Waals surface area contributed by atoms with Crippen LogP contribution in [0.1, 0.15) is 31.2 Å². The van der Waals surface area contributed by atoms with Crippen LogP contribution in [0.2, 0.25) is 5.02 Å². The molecule has 0 bridgehead atoms. The van der Waals surface area contributed by atoms with Crippen LogP contribution in [0.15, 0.2) is 29.3 Å². The van der Waals surface area contributed by atoms with E-state index >= 15 is 0 Å². The molecule has 2 rings (SSSR count). The van der Waals surface area contributed by atoms with Gasteiger partial charge in [-0.2, -0.15) is 0 Å². The van der Waals surface area contributed by atoms with E-state index in [4.69, 9.17) is 17.4 Å². The summed E-state index contributed by atoms with van der Waals surface area (Å²) in [5.74, 6) is 6.38. The van der Waals surface area contributed by atoms with Gasteiger partial charge in [0.2, 0.25) is 0 Å². The Morgan fingerprint density at radius 1 is 1.29 bits per heavy atom. The molecule has 1 aromatic carbocycles. The minimum atomic E-state index is 0.452. The van der Waals surface area contributed by atoms with Crippen LogP contribution in [0.25, 0.3) is 0 Å². The van der Waals surface area contributed by atoms with Crippen molar-refractivity contribution < 1.29 is 0 Å². The number of benzene rings is 1. The van der Waals surface area contributed by atoms with Crippen LogP contribution >= 0.6 is 11.6 Å². The van der Waals surface area contributed by atoms with Gasteiger partial charge in [-0.25, -0.2) is 5.84 Å². The number of hydrogen-bond donors (Lipinski definition) is 2. The Labute approximate surface area is 107 Å². The van der Waals surface area contributed by atoms with E-state index in [1.807, 2.05) is 24.3 Å². The standard InChI is InChI=1S/C13H18ClN3/c14-11-7-5-10(6-8-11)9-13(17-15)16-12-3-1-2-4-12/h5-8,12H,1-4,9,15H2,(H,16,17). The predicted molar refractivity (Wildman–Crippen MR) is 72.2 cm³/mol. The highest BCUT2D eigenvalue weighted by atomic mass is 35.5. The molecule has 17 heavy (non-hydrogen) atoms. The van der Waals surface area contributed by atoms with E-state index in [9.17, 15) is 0 Å². The molecule has 92 valence electrons. The van der Waals surface area contributed by atoms with Crippen molar-refractivity contribution in [1.82, 2.24) is 5.43 Å². The average molecular weight is 252 g/mol. The smallest absolute Gasteiger partial charge is 0.115 e. The molecule has 0 aromatic heterocycles. The number of hydrogen-bond acceptors (Lipinski definition) is 2. The molecule has 0 radical (unpaired) electrons. The van der Waals surface area contributed by atoms with E-state index in [1.54, 1.807) is 0 Å². The van der Waals surface area contributed by atoms with Crippen LogP contribution in [0, 0.1) is 0 Å². The first-order valence-electron chi connectivity index (χ1n) is 6.05. The van der Waals surface area contributed by atoms with Crippen molar-refractivity contribution in [3.8, 4) is 0 Å². The second-order valence-electron chi connectivity index (χ2n) is 4.46. The minimum absolute atomic E-state index is 0.452. The van der Waals surface area contributed by atoms with Gasteiger partial charge in [-0.15, -0.1) is 0 Å². The summed E-state index contributed by atoms with van der Waals surface area (Å²) in [5, 5.41) is 0.753. The fraction of sp³-hybridized carbons (Fsp3) is 0.462. The van der Waals surface area contributed by atoms with Gasteiger partial charge in [0.05, 0.1) is 6.04 Å². The van der Waals surface area contributed by atoms with Gasteiger partial charge < -0.3 is 5.43 Å². The van der Waals surface area contributed by atoms with Crippen molar-refractivity contribution in [2.45, 2.75) is 38.1 Å². The number of halogens is 1. The Bertz CT molecular complexity index is 380. The van der Waals surface area contributed by atoms with Gasteiger partial charge in [0.25, 0.3) is 0 Å². The van der Waals surface area contributed by atoms with E-state index in [1.165, 1.54) is 31.2 Å². The topological polar surface area (TPSA) is 50.4 Å². The van der Waals surface area contributed by atoms with Gasteiger partial charge in [-0.3, -0.25) is 4.99 Å². The molecule has 0 amide bonds. The molecule has 0 atom stereocenters. The molecular weight excluding hydrogens is 234 g/mol. The van der Waals surface area contributed by atoms with Gasteiger partial charge >= 0.3 is 0 Å². The van der Waals surface area contributed by atoms with Crippen molar-refractivity contribution in [1.29, 1.82) is 0 Å². The van der Waals surface area contributed by atoms with Crippen molar-refractivity contribution in [3.05, 3.63) is 34.9 Å². The highest BCUT2D eigenvalue weighted by molar-refractivity contribution is 6.30. The molecule has 3 nitrogen and oxygen atoms in total. The number of nitrogens with one attached hydrogen (secondary N) is 1. The number of amidine groups is 1. The van der Waals surface area contributed by atoms with Crippen molar-refractivity contribution >= 4 is 17.4 Å². The third-order valence-corrected chi connectivity index (χ3v) is 3.37. The largest absolute Gasteiger partial charge is 0.312 e. The molecule has 4 heteroatoms. The quantitative estimate of drug-likeness (QED) is 0.376. The van der Waals surface area contributed by atoms with E-state index in [0.717, 1.165) is 17.3 Å². The maximum atomic E-state index is 5.85. The number of aliphatic imine (C=N–C) groups is 1. The van der Waals surface area contributed by atoms with Gasteiger partial charge in [0, 0.05) is 11.4 Å². The summed E-state index contributed by atoms with van der Waals surface area (Å²) in [7, 11) is 0. The van der Waals surface area contributed by atoms with Crippen LogP contribution < -0.4 is 11.3 Å².